The zero-order valence-electron chi connectivity index (χ0n) is 12.5. The van der Waals surface area contributed by atoms with Gasteiger partial charge >= 0.3 is 0 Å². The maximum Gasteiger partial charge on any atom is 0.215 e. The van der Waals surface area contributed by atoms with E-state index in [9.17, 15) is 8.42 Å². The highest BCUT2D eigenvalue weighted by molar-refractivity contribution is 7.90. The Morgan fingerprint density at radius 1 is 1.11 bits per heavy atom. The smallest absolute Gasteiger partial charge is 0.215 e. The van der Waals surface area contributed by atoms with E-state index in [2.05, 4.69) is 28.8 Å². The molecule has 0 aliphatic heterocycles. The molecule has 0 bridgehead atoms. The van der Waals surface area contributed by atoms with Crippen LogP contribution in [-0.4, -0.2) is 57.3 Å². The molecule has 6 heteroatoms. The molecule has 0 amide bonds. The van der Waals surface area contributed by atoms with Gasteiger partial charge in [0.1, 0.15) is 0 Å². The molecule has 5 nitrogen and oxygen atoms in total. The molecule has 0 saturated heterocycles. The van der Waals surface area contributed by atoms with Gasteiger partial charge in [-0.2, -0.15) is 0 Å². The van der Waals surface area contributed by atoms with Gasteiger partial charge in [0.25, 0.3) is 0 Å². The summed E-state index contributed by atoms with van der Waals surface area (Å²) in [5, 5.41) is 2.73. The predicted molar refractivity (Wildman–Crippen MR) is 77.3 cm³/mol. The maximum atomic E-state index is 11.9. The lowest BCUT2D eigenvalue weighted by Gasteiger charge is -2.22. The average molecular weight is 279 g/mol. The Balaban J connectivity index is 4.07. The van der Waals surface area contributed by atoms with Gasteiger partial charge in [-0.05, 0) is 27.8 Å². The largest absolute Gasteiger partial charge is 0.313 e. The number of nitrogens with zero attached hydrogens (tertiary/aromatic N) is 1. The fraction of sp³-hybridized carbons (Fsp3) is 1.00. The van der Waals surface area contributed by atoms with Crippen LogP contribution in [0.25, 0.3) is 0 Å². The van der Waals surface area contributed by atoms with Gasteiger partial charge in [0.15, 0.2) is 0 Å². The Kier molecular flexibility index (Phi) is 8.02. The number of hydrogen-bond donors (Lipinski definition) is 2. The highest BCUT2D eigenvalue weighted by Crippen LogP contribution is 1.98. The highest BCUT2D eigenvalue weighted by Gasteiger charge is 2.20. The zero-order valence-corrected chi connectivity index (χ0v) is 13.3. The van der Waals surface area contributed by atoms with Crippen LogP contribution in [0.2, 0.25) is 0 Å². The first kappa shape index (κ1) is 17.8. The van der Waals surface area contributed by atoms with Crippen molar-refractivity contribution in [2.24, 2.45) is 0 Å². The standard InChI is InChI=1S/C12H29N3O2S/c1-10(2)13-9-12(5)18(16,17)14-7-8-15(6)11(3)4/h10-14H,7-9H2,1-6H3. The van der Waals surface area contributed by atoms with Crippen molar-refractivity contribution in [3.05, 3.63) is 0 Å². The molecule has 1 atom stereocenters. The molecule has 0 aromatic carbocycles. The van der Waals surface area contributed by atoms with Gasteiger partial charge in [0.2, 0.25) is 10.0 Å². The highest BCUT2D eigenvalue weighted by atomic mass is 32.2. The Hall–Kier alpha value is -0.170. The summed E-state index contributed by atoms with van der Waals surface area (Å²) in [6.07, 6.45) is 0. The molecule has 0 aromatic rings. The van der Waals surface area contributed by atoms with Gasteiger partial charge in [-0.15, -0.1) is 0 Å². The van der Waals surface area contributed by atoms with Gasteiger partial charge < -0.3 is 10.2 Å². The monoisotopic (exact) mass is 279 g/mol. The van der Waals surface area contributed by atoms with E-state index in [1.54, 1.807) is 6.92 Å². The van der Waals surface area contributed by atoms with Crippen molar-refractivity contribution in [1.29, 1.82) is 0 Å². The molecule has 1 unspecified atom stereocenters. The summed E-state index contributed by atoms with van der Waals surface area (Å²) in [5.41, 5.74) is 0. The first-order valence-corrected chi connectivity index (χ1v) is 8.13. The summed E-state index contributed by atoms with van der Waals surface area (Å²) in [7, 11) is -1.23. The molecule has 0 fully saturated rings. The van der Waals surface area contributed by atoms with Crippen LogP contribution in [0.15, 0.2) is 0 Å². The van der Waals surface area contributed by atoms with Crippen molar-refractivity contribution >= 4 is 10.0 Å². The lowest BCUT2D eigenvalue weighted by molar-refractivity contribution is 0.278. The average Bonchev–Trinajstić information content (AvgIpc) is 2.24. The van der Waals surface area contributed by atoms with Crippen molar-refractivity contribution in [2.75, 3.05) is 26.7 Å². The van der Waals surface area contributed by atoms with E-state index < -0.39 is 15.3 Å². The third kappa shape index (κ3) is 7.31. The van der Waals surface area contributed by atoms with Crippen molar-refractivity contribution in [3.63, 3.8) is 0 Å². The molecule has 0 saturated carbocycles. The second-order valence-corrected chi connectivity index (χ2v) is 7.57. The first-order chi connectivity index (χ1) is 8.16. The minimum absolute atomic E-state index is 0.301. The van der Waals surface area contributed by atoms with E-state index in [1.165, 1.54) is 0 Å². The maximum absolute atomic E-state index is 11.9. The number of nitrogens with one attached hydrogen (secondary N) is 2. The summed E-state index contributed by atoms with van der Waals surface area (Å²) >= 11 is 0. The number of rotatable bonds is 9. The van der Waals surface area contributed by atoms with Gasteiger partial charge in [-0.1, -0.05) is 13.8 Å². The minimum Gasteiger partial charge on any atom is -0.313 e. The molecule has 110 valence electrons. The van der Waals surface area contributed by atoms with Gasteiger partial charge in [-0.25, -0.2) is 13.1 Å². The molecule has 18 heavy (non-hydrogen) atoms. The fourth-order valence-electron chi connectivity index (χ4n) is 1.28. The SMILES string of the molecule is CC(C)NCC(C)S(=O)(=O)NCCN(C)C(C)C. The summed E-state index contributed by atoms with van der Waals surface area (Å²) < 4.78 is 26.5. The molecule has 0 aromatic heterocycles. The van der Waals surface area contributed by atoms with E-state index in [1.807, 2.05) is 20.9 Å². The Labute approximate surface area is 112 Å². The summed E-state index contributed by atoms with van der Waals surface area (Å²) in [5.74, 6) is 0. The van der Waals surface area contributed by atoms with E-state index in [0.29, 0.717) is 25.2 Å². The normalized spacial score (nSPS) is 14.7. The lowest BCUT2D eigenvalue weighted by atomic mass is 10.3. The second kappa shape index (κ2) is 8.09. The van der Waals surface area contributed by atoms with Crippen LogP contribution in [-0.2, 0) is 10.0 Å². The fourth-order valence-corrected chi connectivity index (χ4v) is 2.25. The summed E-state index contributed by atoms with van der Waals surface area (Å²) in [4.78, 5) is 2.11. The van der Waals surface area contributed by atoms with Crippen molar-refractivity contribution in [2.45, 2.75) is 52.0 Å². The molecular formula is C12H29N3O2S. The van der Waals surface area contributed by atoms with E-state index in [-0.39, 0.29) is 0 Å². The van der Waals surface area contributed by atoms with Crippen LogP contribution in [0.4, 0.5) is 0 Å². The third-order valence-electron chi connectivity index (χ3n) is 2.99. The van der Waals surface area contributed by atoms with Crippen molar-refractivity contribution < 1.29 is 8.42 Å². The van der Waals surface area contributed by atoms with E-state index in [0.717, 1.165) is 6.54 Å². The second-order valence-electron chi connectivity index (χ2n) is 5.39. The molecule has 0 aliphatic rings. The molecule has 0 aliphatic carbocycles. The topological polar surface area (TPSA) is 61.4 Å². The quantitative estimate of drug-likeness (QED) is 0.650. The van der Waals surface area contributed by atoms with Gasteiger partial charge in [0.05, 0.1) is 5.25 Å². The van der Waals surface area contributed by atoms with Crippen LogP contribution >= 0.6 is 0 Å². The van der Waals surface area contributed by atoms with Gasteiger partial charge in [0, 0.05) is 31.7 Å². The Bertz CT molecular complexity index is 315. The molecule has 2 N–H and O–H groups in total. The molecular weight excluding hydrogens is 250 g/mol. The van der Waals surface area contributed by atoms with Crippen LogP contribution in [0.3, 0.4) is 0 Å². The first-order valence-electron chi connectivity index (χ1n) is 6.59. The van der Waals surface area contributed by atoms with Crippen molar-refractivity contribution in [3.8, 4) is 0 Å². The van der Waals surface area contributed by atoms with Crippen LogP contribution in [0, 0.1) is 0 Å². The van der Waals surface area contributed by atoms with E-state index >= 15 is 0 Å². The number of sulfonamides is 1. The van der Waals surface area contributed by atoms with Gasteiger partial charge in [-0.3, -0.25) is 0 Å². The van der Waals surface area contributed by atoms with Crippen LogP contribution < -0.4 is 10.0 Å². The molecule has 0 rings (SSSR count). The zero-order chi connectivity index (χ0) is 14.3. The van der Waals surface area contributed by atoms with Crippen LogP contribution in [0.5, 0.6) is 0 Å². The molecule has 0 radical (unpaired) electrons. The number of likely N-dealkylation sites (N-methyl/N-ethyl adjacent to an activating group) is 1. The molecule has 0 spiro atoms. The van der Waals surface area contributed by atoms with E-state index in [4.69, 9.17) is 0 Å². The third-order valence-corrected chi connectivity index (χ3v) is 4.83. The predicted octanol–water partition coefficient (Wildman–Crippen LogP) is 0.633. The minimum atomic E-state index is -3.22. The lowest BCUT2D eigenvalue weighted by Crippen LogP contribution is -2.43. The summed E-state index contributed by atoms with van der Waals surface area (Å²) in [6.45, 7) is 11.6. The van der Waals surface area contributed by atoms with Crippen molar-refractivity contribution in [1.82, 2.24) is 14.9 Å². The number of hydrogen-bond acceptors (Lipinski definition) is 4. The van der Waals surface area contributed by atoms with Crippen LogP contribution in [0.1, 0.15) is 34.6 Å². The Morgan fingerprint density at radius 3 is 2.11 bits per heavy atom. The Morgan fingerprint density at radius 2 is 1.67 bits per heavy atom. The molecule has 0 heterocycles. The summed E-state index contributed by atoms with van der Waals surface area (Å²) in [6, 6.07) is 0.726.